The summed E-state index contributed by atoms with van der Waals surface area (Å²) in [5.41, 5.74) is 4.18. The highest BCUT2D eigenvalue weighted by Crippen LogP contribution is 2.34. The minimum atomic E-state index is -0.997. The minimum Gasteiger partial charge on any atom is -0.465 e. The normalized spacial score (nSPS) is 20.2. The summed E-state index contributed by atoms with van der Waals surface area (Å²) in [6.07, 6.45) is 8.27. The summed E-state index contributed by atoms with van der Waals surface area (Å²) in [6, 6.07) is 7.83. The third kappa shape index (κ3) is 4.26. The Morgan fingerprint density at radius 1 is 1.19 bits per heavy atom. The van der Waals surface area contributed by atoms with Crippen LogP contribution < -0.4 is 10.2 Å². The molecule has 0 radical (unpaired) electrons. The molecule has 2 aliphatic rings. The second kappa shape index (κ2) is 9.23. The van der Waals surface area contributed by atoms with Gasteiger partial charge in [-0.05, 0) is 43.9 Å². The van der Waals surface area contributed by atoms with Gasteiger partial charge >= 0.3 is 6.09 Å². The number of aryl methyl sites for hydroxylation is 1. The third-order valence-corrected chi connectivity index (χ3v) is 6.84. The van der Waals surface area contributed by atoms with Crippen LogP contribution in [0.5, 0.6) is 0 Å². The maximum atomic E-state index is 11.0. The molecule has 186 valence electrons. The number of nitrogens with zero attached hydrogens (tertiary/aromatic N) is 7. The molecule has 2 saturated heterocycles. The van der Waals surface area contributed by atoms with Gasteiger partial charge in [0.25, 0.3) is 0 Å². The van der Waals surface area contributed by atoms with E-state index in [0.717, 1.165) is 78.2 Å². The molecule has 0 aliphatic carbocycles. The van der Waals surface area contributed by atoms with E-state index in [4.69, 9.17) is 24.9 Å². The van der Waals surface area contributed by atoms with Gasteiger partial charge in [0, 0.05) is 43.9 Å². The van der Waals surface area contributed by atoms with Crippen LogP contribution in [0.2, 0.25) is 0 Å². The van der Waals surface area contributed by atoms with Gasteiger partial charge < -0.3 is 20.1 Å². The number of hydrogen-bond donors (Lipinski definition) is 2. The molecular formula is C25H28N8O3. The van der Waals surface area contributed by atoms with Crippen molar-refractivity contribution in [2.45, 2.75) is 38.0 Å². The number of nitrogens with one attached hydrogen (secondary N) is 1. The highest BCUT2D eigenvalue weighted by molar-refractivity contribution is 5.94. The first-order valence-corrected chi connectivity index (χ1v) is 12.3. The number of pyridine rings is 2. The zero-order valence-electron chi connectivity index (χ0n) is 20.0. The van der Waals surface area contributed by atoms with E-state index >= 15 is 0 Å². The zero-order chi connectivity index (χ0) is 24.6. The molecule has 0 spiro atoms. The van der Waals surface area contributed by atoms with Crippen LogP contribution in [-0.2, 0) is 11.8 Å². The van der Waals surface area contributed by atoms with E-state index in [2.05, 4.69) is 15.3 Å². The van der Waals surface area contributed by atoms with Crippen molar-refractivity contribution in [3.63, 3.8) is 0 Å². The molecule has 2 N–H and O–H groups in total. The Hall–Kier alpha value is -3.99. The van der Waals surface area contributed by atoms with Gasteiger partial charge in [-0.2, -0.15) is 10.2 Å². The van der Waals surface area contributed by atoms with Gasteiger partial charge in [0.1, 0.15) is 11.5 Å². The summed E-state index contributed by atoms with van der Waals surface area (Å²) < 4.78 is 9.77. The highest BCUT2D eigenvalue weighted by Gasteiger charge is 2.26. The Bertz CT molecular complexity index is 1410. The molecule has 0 aromatic carbocycles. The van der Waals surface area contributed by atoms with E-state index in [-0.39, 0.29) is 12.3 Å². The van der Waals surface area contributed by atoms with Crippen LogP contribution in [-0.4, -0.2) is 66.5 Å². The van der Waals surface area contributed by atoms with Gasteiger partial charge in [-0.1, -0.05) is 6.07 Å². The summed E-state index contributed by atoms with van der Waals surface area (Å²) in [5.74, 6) is 0.806. The monoisotopic (exact) mass is 488 g/mol. The van der Waals surface area contributed by atoms with Gasteiger partial charge in [-0.25, -0.2) is 14.5 Å². The SMILES string of the molecule is Cn1cc(-c2cc3c(-c4cccc(N5CC[C@@H](NC(=O)O)C5)n4)nn(C4CCCCO4)c3cn2)cn1. The first-order valence-electron chi connectivity index (χ1n) is 12.3. The average Bonchev–Trinajstić information content (AvgIpc) is 3.62. The number of ether oxygens (including phenoxy) is 1. The molecule has 6 rings (SSSR count). The molecule has 2 fully saturated rings. The quantitative estimate of drug-likeness (QED) is 0.438. The maximum absolute atomic E-state index is 11.0. The van der Waals surface area contributed by atoms with Gasteiger partial charge in [0.2, 0.25) is 0 Å². The lowest BCUT2D eigenvalue weighted by Gasteiger charge is -2.23. The molecule has 4 aromatic rings. The first-order chi connectivity index (χ1) is 17.5. The number of fused-ring (bicyclic) bond motifs is 1. The molecule has 2 aliphatic heterocycles. The Balaban J connectivity index is 1.41. The van der Waals surface area contributed by atoms with E-state index in [1.54, 1.807) is 10.9 Å². The van der Waals surface area contributed by atoms with E-state index in [1.165, 1.54) is 0 Å². The number of hydrogen-bond acceptors (Lipinski definition) is 7. The zero-order valence-corrected chi connectivity index (χ0v) is 20.0. The Morgan fingerprint density at radius 3 is 2.89 bits per heavy atom. The fraction of sp³-hybridized carbons (Fsp3) is 0.400. The number of rotatable bonds is 5. The van der Waals surface area contributed by atoms with Crippen LogP contribution in [0.25, 0.3) is 33.5 Å². The molecule has 36 heavy (non-hydrogen) atoms. The molecular weight excluding hydrogens is 460 g/mol. The fourth-order valence-corrected chi connectivity index (χ4v) is 5.06. The molecule has 2 atom stereocenters. The number of anilines is 1. The van der Waals surface area contributed by atoms with E-state index in [1.807, 2.05) is 48.4 Å². The van der Waals surface area contributed by atoms with Crippen molar-refractivity contribution in [1.82, 2.24) is 34.8 Å². The van der Waals surface area contributed by atoms with Crippen molar-refractivity contribution >= 4 is 22.8 Å². The van der Waals surface area contributed by atoms with Crippen LogP contribution in [0, 0.1) is 0 Å². The van der Waals surface area contributed by atoms with Crippen molar-refractivity contribution < 1.29 is 14.6 Å². The average molecular weight is 489 g/mol. The summed E-state index contributed by atoms with van der Waals surface area (Å²) in [7, 11) is 1.89. The lowest BCUT2D eigenvalue weighted by molar-refractivity contribution is -0.0365. The maximum Gasteiger partial charge on any atom is 0.404 e. The molecule has 11 heteroatoms. The van der Waals surface area contributed by atoms with E-state index in [9.17, 15) is 4.79 Å². The standard InChI is InChI=1S/C25H28N8O3/c1-31-14-16(12-27-31)20-11-18-21(13-26-20)33(23-7-2-3-10-36-23)30-24(18)19-5-4-6-22(29-19)32-9-8-17(15-32)28-25(34)35/h4-6,11-14,17,23,28H,2-3,7-10,15H2,1H3,(H,34,35)/t17-,23?/m1/s1. The molecule has 11 nitrogen and oxygen atoms in total. The summed E-state index contributed by atoms with van der Waals surface area (Å²) >= 11 is 0. The predicted octanol–water partition coefficient (Wildman–Crippen LogP) is 3.44. The minimum absolute atomic E-state index is 0.107. The van der Waals surface area contributed by atoms with Crippen LogP contribution in [0.1, 0.15) is 31.9 Å². The first kappa shape index (κ1) is 22.5. The van der Waals surface area contributed by atoms with Crippen molar-refractivity contribution in [3.8, 4) is 22.6 Å². The Morgan fingerprint density at radius 2 is 2.11 bits per heavy atom. The van der Waals surface area contributed by atoms with Crippen LogP contribution >= 0.6 is 0 Å². The van der Waals surface area contributed by atoms with Gasteiger partial charge in [0.15, 0.2) is 6.23 Å². The van der Waals surface area contributed by atoms with Crippen molar-refractivity contribution in [2.75, 3.05) is 24.6 Å². The largest absolute Gasteiger partial charge is 0.465 e. The lowest BCUT2D eigenvalue weighted by atomic mass is 10.1. The molecule has 0 bridgehead atoms. The number of amides is 1. The summed E-state index contributed by atoms with van der Waals surface area (Å²) in [4.78, 5) is 22.8. The van der Waals surface area contributed by atoms with Crippen LogP contribution in [0.3, 0.4) is 0 Å². The topological polar surface area (TPSA) is 123 Å². The molecule has 1 amide bonds. The second-order valence-corrected chi connectivity index (χ2v) is 9.37. The van der Waals surface area contributed by atoms with Crippen molar-refractivity contribution in [3.05, 3.63) is 42.9 Å². The molecule has 6 heterocycles. The predicted molar refractivity (Wildman–Crippen MR) is 134 cm³/mol. The van der Waals surface area contributed by atoms with Crippen molar-refractivity contribution in [1.29, 1.82) is 0 Å². The van der Waals surface area contributed by atoms with Gasteiger partial charge in [-0.3, -0.25) is 9.67 Å². The van der Waals surface area contributed by atoms with Gasteiger partial charge in [0.05, 0.1) is 35.3 Å². The van der Waals surface area contributed by atoms with E-state index in [0.29, 0.717) is 6.54 Å². The van der Waals surface area contributed by atoms with Crippen molar-refractivity contribution in [2.24, 2.45) is 7.05 Å². The smallest absolute Gasteiger partial charge is 0.404 e. The van der Waals surface area contributed by atoms with Crippen LogP contribution in [0.4, 0.5) is 10.6 Å². The van der Waals surface area contributed by atoms with Crippen LogP contribution in [0.15, 0.2) is 42.9 Å². The summed E-state index contributed by atoms with van der Waals surface area (Å²) in [6.45, 7) is 2.04. The Labute approximate surface area is 207 Å². The molecule has 4 aromatic heterocycles. The second-order valence-electron chi connectivity index (χ2n) is 9.37. The summed E-state index contributed by atoms with van der Waals surface area (Å²) in [5, 5.41) is 21.9. The molecule has 0 saturated carbocycles. The number of carboxylic acid groups (broad SMARTS) is 1. The molecule has 1 unspecified atom stereocenters. The van der Waals surface area contributed by atoms with E-state index < -0.39 is 6.09 Å². The number of aromatic nitrogens is 6. The lowest BCUT2D eigenvalue weighted by Crippen LogP contribution is -2.36. The third-order valence-electron chi connectivity index (χ3n) is 6.84. The number of carbonyl (C=O) groups is 1. The Kier molecular flexibility index (Phi) is 5.76. The van der Waals surface area contributed by atoms with Gasteiger partial charge in [-0.15, -0.1) is 0 Å². The fourth-order valence-electron chi connectivity index (χ4n) is 5.06. The highest BCUT2D eigenvalue weighted by atomic mass is 16.5.